The van der Waals surface area contributed by atoms with E-state index in [0.29, 0.717) is 22.8 Å². The smallest absolute Gasteiger partial charge is 0.337 e. The van der Waals surface area contributed by atoms with E-state index in [1.165, 1.54) is 30.6 Å². The second-order valence-corrected chi connectivity index (χ2v) is 6.74. The first-order chi connectivity index (χ1) is 14.1. The van der Waals surface area contributed by atoms with Crippen molar-refractivity contribution < 1.29 is 14.3 Å². The highest BCUT2D eigenvalue weighted by Gasteiger charge is 2.18. The Bertz CT molecular complexity index is 1050. The van der Waals surface area contributed by atoms with Crippen LogP contribution in [0.4, 0.5) is 11.6 Å². The van der Waals surface area contributed by atoms with Crippen LogP contribution in [0, 0.1) is 0 Å². The summed E-state index contributed by atoms with van der Waals surface area (Å²) in [5.74, 6) is -0.205. The molecule has 3 aromatic rings. The number of ether oxygens (including phenoxy) is 1. The second kappa shape index (κ2) is 8.10. The number of esters is 1. The van der Waals surface area contributed by atoms with Crippen molar-refractivity contribution in [3.8, 4) is 0 Å². The molecule has 2 aromatic carbocycles. The molecule has 146 valence electrons. The molecule has 0 saturated heterocycles. The maximum atomic E-state index is 12.5. The lowest BCUT2D eigenvalue weighted by molar-refractivity contribution is 0.0600. The zero-order chi connectivity index (χ0) is 20.2. The van der Waals surface area contributed by atoms with E-state index in [1.807, 2.05) is 6.07 Å². The maximum Gasteiger partial charge on any atom is 0.337 e. The van der Waals surface area contributed by atoms with Crippen molar-refractivity contribution in [3.63, 3.8) is 0 Å². The van der Waals surface area contributed by atoms with Crippen LogP contribution in [-0.2, 0) is 17.7 Å². The molecule has 1 aromatic heterocycles. The highest BCUT2D eigenvalue weighted by Crippen LogP contribution is 2.21. The summed E-state index contributed by atoms with van der Waals surface area (Å²) in [6.45, 7) is 1.59. The van der Waals surface area contributed by atoms with Gasteiger partial charge in [-0.2, -0.15) is 0 Å². The van der Waals surface area contributed by atoms with Gasteiger partial charge in [0.2, 0.25) is 5.95 Å². The van der Waals surface area contributed by atoms with Crippen molar-refractivity contribution in [1.29, 1.82) is 0 Å². The van der Waals surface area contributed by atoms with Crippen molar-refractivity contribution in [2.45, 2.75) is 13.0 Å². The molecule has 0 aliphatic carbocycles. The minimum absolute atomic E-state index is 0.342. The normalized spacial score (nSPS) is 12.8. The molecule has 1 aliphatic rings. The third-order valence-electron chi connectivity index (χ3n) is 4.86. The van der Waals surface area contributed by atoms with Crippen LogP contribution in [0.15, 0.2) is 60.9 Å². The molecule has 0 atom stereocenters. The molecular formula is C22H20N4O3. The second-order valence-electron chi connectivity index (χ2n) is 6.74. The first-order valence-corrected chi connectivity index (χ1v) is 9.27. The lowest BCUT2D eigenvalue weighted by Gasteiger charge is -2.28. The molecule has 2 heterocycles. The number of hydrogen-bond donors (Lipinski definition) is 1. The van der Waals surface area contributed by atoms with Gasteiger partial charge < -0.3 is 15.0 Å². The highest BCUT2D eigenvalue weighted by molar-refractivity contribution is 6.04. The zero-order valence-corrected chi connectivity index (χ0v) is 16.0. The fraction of sp³-hybridized carbons (Fsp3) is 0.182. The van der Waals surface area contributed by atoms with Crippen LogP contribution < -0.4 is 10.2 Å². The number of amides is 1. The fourth-order valence-electron chi connectivity index (χ4n) is 3.31. The number of nitrogens with zero attached hydrogens (tertiary/aromatic N) is 3. The van der Waals surface area contributed by atoms with Crippen molar-refractivity contribution in [1.82, 2.24) is 9.97 Å². The number of hydrogen-bond acceptors (Lipinski definition) is 6. The summed E-state index contributed by atoms with van der Waals surface area (Å²) in [5, 5.41) is 2.75. The van der Waals surface area contributed by atoms with Crippen molar-refractivity contribution in [2.24, 2.45) is 0 Å². The minimum atomic E-state index is -0.461. The van der Waals surface area contributed by atoms with Crippen molar-refractivity contribution >= 4 is 23.5 Å². The summed E-state index contributed by atoms with van der Waals surface area (Å²) in [7, 11) is 1.31. The predicted molar refractivity (Wildman–Crippen MR) is 109 cm³/mol. The molecule has 0 bridgehead atoms. The largest absolute Gasteiger partial charge is 0.465 e. The van der Waals surface area contributed by atoms with E-state index in [-0.39, 0.29) is 5.91 Å². The van der Waals surface area contributed by atoms with E-state index in [0.717, 1.165) is 19.5 Å². The van der Waals surface area contributed by atoms with Crippen molar-refractivity contribution in [2.75, 3.05) is 23.9 Å². The summed E-state index contributed by atoms with van der Waals surface area (Å²) in [4.78, 5) is 35.0. The monoisotopic (exact) mass is 388 g/mol. The lowest BCUT2D eigenvalue weighted by Crippen LogP contribution is -2.31. The number of carbonyl (C=O) groups is 2. The number of rotatable bonds is 4. The summed E-state index contributed by atoms with van der Waals surface area (Å²) < 4.78 is 4.70. The van der Waals surface area contributed by atoms with Crippen LogP contribution in [0.5, 0.6) is 0 Å². The quantitative estimate of drug-likeness (QED) is 0.692. The average molecular weight is 388 g/mol. The van der Waals surface area contributed by atoms with Gasteiger partial charge in [-0.05, 0) is 35.7 Å². The number of anilines is 2. The van der Waals surface area contributed by atoms with Gasteiger partial charge in [0, 0.05) is 31.2 Å². The number of carbonyl (C=O) groups excluding carboxylic acids is 2. The van der Waals surface area contributed by atoms with Crippen LogP contribution in [0.1, 0.15) is 31.8 Å². The Morgan fingerprint density at radius 3 is 2.52 bits per heavy atom. The van der Waals surface area contributed by atoms with Gasteiger partial charge in [-0.25, -0.2) is 14.8 Å². The van der Waals surface area contributed by atoms with Gasteiger partial charge in [-0.15, -0.1) is 0 Å². The molecule has 0 saturated carbocycles. The molecule has 4 rings (SSSR count). The summed E-state index contributed by atoms with van der Waals surface area (Å²) >= 11 is 0. The van der Waals surface area contributed by atoms with Crippen molar-refractivity contribution in [3.05, 3.63) is 83.2 Å². The van der Waals surface area contributed by atoms with E-state index >= 15 is 0 Å². The molecule has 0 fully saturated rings. The molecule has 0 radical (unpaired) electrons. The molecule has 1 aliphatic heterocycles. The summed E-state index contributed by atoms with van der Waals surface area (Å²) in [5.41, 5.74) is 3.83. The molecule has 1 N–H and O–H groups in total. The SMILES string of the molecule is COC(=O)c1cccc(NC(=O)c2cnc(N3CCc4ccccc4C3)nc2)c1. The van der Waals surface area contributed by atoms with E-state index in [2.05, 4.69) is 38.4 Å². The van der Waals surface area contributed by atoms with E-state index < -0.39 is 5.97 Å². The Hall–Kier alpha value is -3.74. The van der Waals surface area contributed by atoms with Gasteiger partial charge >= 0.3 is 5.97 Å². The average Bonchev–Trinajstić information content (AvgIpc) is 2.78. The van der Waals surface area contributed by atoms with Gasteiger partial charge in [0.15, 0.2) is 0 Å². The van der Waals surface area contributed by atoms with Crippen LogP contribution in [0.25, 0.3) is 0 Å². The van der Waals surface area contributed by atoms with Gasteiger partial charge in [-0.3, -0.25) is 4.79 Å². The standard InChI is InChI=1S/C22H20N4O3/c1-29-21(28)16-7-4-8-19(11-16)25-20(27)18-12-23-22(24-13-18)26-10-9-15-5-2-3-6-17(15)14-26/h2-8,11-13H,9-10,14H2,1H3,(H,25,27). The van der Waals surface area contributed by atoms with Crippen LogP contribution in [0.2, 0.25) is 0 Å². The van der Waals surface area contributed by atoms with Gasteiger partial charge in [-0.1, -0.05) is 30.3 Å². The molecule has 7 heteroatoms. The van der Waals surface area contributed by atoms with Gasteiger partial charge in [0.25, 0.3) is 5.91 Å². The fourth-order valence-corrected chi connectivity index (χ4v) is 3.31. The number of aromatic nitrogens is 2. The molecule has 29 heavy (non-hydrogen) atoms. The van der Waals surface area contributed by atoms with Crippen LogP contribution >= 0.6 is 0 Å². The van der Waals surface area contributed by atoms with Gasteiger partial charge in [0.05, 0.1) is 18.2 Å². The highest BCUT2D eigenvalue weighted by atomic mass is 16.5. The van der Waals surface area contributed by atoms with E-state index in [4.69, 9.17) is 4.74 Å². The molecule has 7 nitrogen and oxygen atoms in total. The Labute approximate surface area is 168 Å². The Kier molecular flexibility index (Phi) is 5.20. The summed E-state index contributed by atoms with van der Waals surface area (Å²) in [6.07, 6.45) is 3.98. The first-order valence-electron chi connectivity index (χ1n) is 9.27. The predicted octanol–water partition coefficient (Wildman–Crippen LogP) is 3.08. The Morgan fingerprint density at radius 2 is 1.76 bits per heavy atom. The minimum Gasteiger partial charge on any atom is -0.465 e. The van der Waals surface area contributed by atoms with E-state index in [1.54, 1.807) is 24.3 Å². The zero-order valence-electron chi connectivity index (χ0n) is 16.0. The number of benzene rings is 2. The topological polar surface area (TPSA) is 84.4 Å². The molecule has 0 unspecified atom stereocenters. The van der Waals surface area contributed by atoms with Gasteiger partial charge in [0.1, 0.15) is 0 Å². The molecule has 1 amide bonds. The Morgan fingerprint density at radius 1 is 1.00 bits per heavy atom. The lowest BCUT2D eigenvalue weighted by atomic mass is 10.0. The molecular weight excluding hydrogens is 368 g/mol. The maximum absolute atomic E-state index is 12.5. The third kappa shape index (κ3) is 4.08. The number of nitrogens with one attached hydrogen (secondary N) is 1. The van der Waals surface area contributed by atoms with E-state index in [9.17, 15) is 9.59 Å². The third-order valence-corrected chi connectivity index (χ3v) is 4.86. The summed E-state index contributed by atoms with van der Waals surface area (Å²) in [6, 6.07) is 14.9. The van der Waals surface area contributed by atoms with Crippen LogP contribution in [0.3, 0.4) is 0 Å². The molecule has 0 spiro atoms. The first kappa shape index (κ1) is 18.6. The van der Waals surface area contributed by atoms with Crippen LogP contribution in [-0.4, -0.2) is 35.5 Å². The number of methoxy groups -OCH3 is 1. The number of fused-ring (bicyclic) bond motifs is 1. The Balaban J connectivity index is 1.44.